The second-order valence-electron chi connectivity index (χ2n) is 9.05. The Morgan fingerprint density at radius 1 is 1.17 bits per heavy atom. The molecule has 4 rings (SSSR count). The highest BCUT2D eigenvalue weighted by molar-refractivity contribution is 6.08. The second kappa shape index (κ2) is 9.46. The van der Waals surface area contributed by atoms with Gasteiger partial charge in [-0.1, -0.05) is 6.07 Å². The maximum Gasteiger partial charge on any atom is 0.433 e. The van der Waals surface area contributed by atoms with Crippen molar-refractivity contribution in [3.63, 3.8) is 0 Å². The summed E-state index contributed by atoms with van der Waals surface area (Å²) in [5.74, 6) is -1.80. The van der Waals surface area contributed by atoms with Crippen LogP contribution in [0.5, 0.6) is 0 Å². The Morgan fingerprint density at radius 2 is 1.86 bits per heavy atom. The molecule has 0 unspecified atom stereocenters. The second-order valence-corrected chi connectivity index (χ2v) is 9.05. The number of hydrogen-bond acceptors (Lipinski definition) is 6. The average Bonchev–Trinajstić information content (AvgIpc) is 3.17. The number of pyridine rings is 1. The zero-order valence-corrected chi connectivity index (χ0v) is 19.4. The van der Waals surface area contributed by atoms with Crippen molar-refractivity contribution in [2.75, 3.05) is 30.6 Å². The number of hydrogen-bond donors (Lipinski definition) is 2. The molecular formula is C24H27F3N4O4. The fourth-order valence-electron chi connectivity index (χ4n) is 4.91. The van der Waals surface area contributed by atoms with Crippen LogP contribution < -0.4 is 9.91 Å². The molecule has 1 aliphatic heterocycles. The Labute approximate surface area is 200 Å². The summed E-state index contributed by atoms with van der Waals surface area (Å²) in [7, 11) is 3.18. The average molecular weight is 492 g/mol. The highest BCUT2D eigenvalue weighted by atomic mass is 19.4. The van der Waals surface area contributed by atoms with E-state index in [4.69, 9.17) is 0 Å². The molecule has 1 aromatic carbocycles. The first kappa shape index (κ1) is 24.9. The third-order valence-corrected chi connectivity index (χ3v) is 6.91. The van der Waals surface area contributed by atoms with E-state index in [-0.39, 0.29) is 23.9 Å². The van der Waals surface area contributed by atoms with Gasteiger partial charge in [0.25, 0.3) is 5.91 Å². The van der Waals surface area contributed by atoms with E-state index in [1.807, 2.05) is 12.1 Å². The van der Waals surface area contributed by atoms with E-state index in [1.54, 1.807) is 6.07 Å². The van der Waals surface area contributed by atoms with Crippen LogP contribution in [0.4, 0.5) is 24.5 Å². The molecule has 1 amide bonds. The van der Waals surface area contributed by atoms with Gasteiger partial charge in [0.15, 0.2) is 0 Å². The summed E-state index contributed by atoms with van der Waals surface area (Å²) in [6, 6.07) is 6.37. The van der Waals surface area contributed by atoms with Crippen LogP contribution in [0.3, 0.4) is 0 Å². The van der Waals surface area contributed by atoms with Crippen molar-refractivity contribution in [1.29, 1.82) is 0 Å². The van der Waals surface area contributed by atoms with Gasteiger partial charge in [0.1, 0.15) is 11.4 Å². The quantitative estimate of drug-likeness (QED) is 0.656. The predicted octanol–water partition coefficient (Wildman–Crippen LogP) is 3.79. The van der Waals surface area contributed by atoms with E-state index in [0.717, 1.165) is 48.3 Å². The molecule has 0 saturated heterocycles. The number of amides is 1. The third-order valence-electron chi connectivity index (χ3n) is 6.91. The number of aliphatic hydroxyl groups is 1. The number of nitrogens with zero attached hydrogens (tertiary/aromatic N) is 4. The summed E-state index contributed by atoms with van der Waals surface area (Å²) in [6.45, 7) is 0.687. The van der Waals surface area contributed by atoms with Crippen LogP contribution in [0.2, 0.25) is 0 Å². The van der Waals surface area contributed by atoms with Crippen LogP contribution in [0.1, 0.15) is 57.8 Å². The number of fused-ring (bicyclic) bond motifs is 1. The number of aliphatic hydroxyl groups excluding tert-OH is 1. The Kier molecular flexibility index (Phi) is 6.74. The number of hydrazine groups is 1. The molecule has 1 fully saturated rings. The molecule has 188 valence electrons. The van der Waals surface area contributed by atoms with Gasteiger partial charge in [0, 0.05) is 33.3 Å². The monoisotopic (exact) mass is 492 g/mol. The standard InChI is InChI=1S/C24H27F3N4O4/c1-29(22(33)18-4-3-5-21(28-18)24(25,26)27)20-10-15-12-31(16-8-6-14(13-32)7-9-16)30(2)19(15)11-17(20)23(34)35/h3-5,10-11,14,16,32H,6-9,12-13H2,1-2H3,(H,34,35). The molecule has 2 heterocycles. The van der Waals surface area contributed by atoms with E-state index < -0.39 is 29.4 Å². The van der Waals surface area contributed by atoms with Gasteiger partial charge in [-0.15, -0.1) is 0 Å². The van der Waals surface area contributed by atoms with Gasteiger partial charge >= 0.3 is 12.1 Å². The lowest BCUT2D eigenvalue weighted by atomic mass is 9.86. The van der Waals surface area contributed by atoms with Gasteiger partial charge in [0.05, 0.1) is 16.9 Å². The lowest BCUT2D eigenvalue weighted by Crippen LogP contribution is -2.44. The van der Waals surface area contributed by atoms with Crippen LogP contribution in [0.15, 0.2) is 30.3 Å². The molecule has 0 atom stereocenters. The topological polar surface area (TPSA) is 97.2 Å². The molecule has 0 spiro atoms. The molecule has 2 aliphatic rings. The minimum Gasteiger partial charge on any atom is -0.478 e. The number of carboxylic acids is 1. The van der Waals surface area contributed by atoms with Gasteiger partial charge in [-0.3, -0.25) is 4.79 Å². The Balaban J connectivity index is 1.63. The van der Waals surface area contributed by atoms with E-state index in [0.29, 0.717) is 18.2 Å². The van der Waals surface area contributed by atoms with Crippen molar-refractivity contribution in [2.45, 2.75) is 44.4 Å². The predicted molar refractivity (Wildman–Crippen MR) is 122 cm³/mol. The number of carbonyl (C=O) groups excluding carboxylic acids is 1. The van der Waals surface area contributed by atoms with Crippen LogP contribution in [0.25, 0.3) is 0 Å². The van der Waals surface area contributed by atoms with E-state index >= 15 is 0 Å². The summed E-state index contributed by atoms with van der Waals surface area (Å²) >= 11 is 0. The number of alkyl halides is 3. The van der Waals surface area contributed by atoms with Crippen LogP contribution in [-0.2, 0) is 12.7 Å². The summed E-state index contributed by atoms with van der Waals surface area (Å²) in [4.78, 5) is 29.5. The van der Waals surface area contributed by atoms with Gasteiger partial charge in [-0.05, 0) is 61.4 Å². The molecule has 1 saturated carbocycles. The number of aromatic nitrogens is 1. The van der Waals surface area contributed by atoms with Crippen molar-refractivity contribution >= 4 is 23.3 Å². The first-order chi connectivity index (χ1) is 16.5. The highest BCUT2D eigenvalue weighted by Crippen LogP contribution is 2.40. The van der Waals surface area contributed by atoms with E-state index in [1.165, 1.54) is 19.2 Å². The zero-order valence-electron chi connectivity index (χ0n) is 19.4. The van der Waals surface area contributed by atoms with E-state index in [2.05, 4.69) is 9.99 Å². The maximum atomic E-state index is 13.1. The molecule has 2 N–H and O–H groups in total. The normalized spacial score (nSPS) is 20.6. The molecule has 8 nitrogen and oxygen atoms in total. The van der Waals surface area contributed by atoms with Crippen LogP contribution in [-0.4, -0.2) is 58.8 Å². The number of benzene rings is 1. The Hall–Kier alpha value is -3.18. The number of aromatic carboxylic acids is 1. The molecule has 2 aromatic rings. The van der Waals surface area contributed by atoms with Gasteiger partial charge < -0.3 is 20.1 Å². The molecule has 0 bridgehead atoms. The first-order valence-electron chi connectivity index (χ1n) is 11.3. The molecular weight excluding hydrogens is 465 g/mol. The number of carboxylic acid groups (broad SMARTS) is 1. The summed E-state index contributed by atoms with van der Waals surface area (Å²) in [6.07, 6.45) is -1.08. The number of halogens is 3. The molecule has 1 aliphatic carbocycles. The largest absolute Gasteiger partial charge is 0.478 e. The van der Waals surface area contributed by atoms with Crippen molar-refractivity contribution in [1.82, 2.24) is 9.99 Å². The highest BCUT2D eigenvalue weighted by Gasteiger charge is 2.36. The lowest BCUT2D eigenvalue weighted by molar-refractivity contribution is -0.141. The summed E-state index contributed by atoms with van der Waals surface area (Å²) in [5.41, 5.74) is -0.165. The van der Waals surface area contributed by atoms with Crippen molar-refractivity contribution < 1.29 is 33.0 Å². The number of carbonyl (C=O) groups is 2. The minimum absolute atomic E-state index is 0.0831. The SMILES string of the molecule is CN(C(=O)c1cccc(C(F)(F)F)n1)c1cc2c(cc1C(=O)O)N(C)N(C1CCC(CO)CC1)C2. The molecule has 11 heteroatoms. The lowest BCUT2D eigenvalue weighted by Gasteiger charge is -2.38. The Bertz CT molecular complexity index is 1130. The minimum atomic E-state index is -4.71. The van der Waals surface area contributed by atoms with Crippen molar-refractivity contribution in [3.8, 4) is 0 Å². The first-order valence-corrected chi connectivity index (χ1v) is 11.3. The van der Waals surface area contributed by atoms with Gasteiger partial charge in [-0.25, -0.2) is 14.8 Å². The smallest absolute Gasteiger partial charge is 0.433 e. The summed E-state index contributed by atoms with van der Waals surface area (Å²) < 4.78 is 39.2. The van der Waals surface area contributed by atoms with Gasteiger partial charge in [-0.2, -0.15) is 13.2 Å². The number of rotatable bonds is 5. The fourth-order valence-corrected chi connectivity index (χ4v) is 4.91. The summed E-state index contributed by atoms with van der Waals surface area (Å²) in [5, 5.41) is 23.3. The van der Waals surface area contributed by atoms with Crippen molar-refractivity contribution in [3.05, 3.63) is 52.8 Å². The zero-order chi connectivity index (χ0) is 25.5. The fraction of sp³-hybridized carbons (Fsp3) is 0.458. The van der Waals surface area contributed by atoms with Crippen LogP contribution in [0, 0.1) is 5.92 Å². The van der Waals surface area contributed by atoms with Gasteiger partial charge in [0.2, 0.25) is 0 Å². The maximum absolute atomic E-state index is 13.1. The Morgan fingerprint density at radius 3 is 2.46 bits per heavy atom. The van der Waals surface area contributed by atoms with Crippen LogP contribution >= 0.6 is 0 Å². The molecule has 35 heavy (non-hydrogen) atoms. The van der Waals surface area contributed by atoms with E-state index in [9.17, 15) is 33.0 Å². The molecule has 1 aromatic heterocycles. The number of anilines is 2. The van der Waals surface area contributed by atoms with Crippen molar-refractivity contribution in [2.24, 2.45) is 5.92 Å². The third kappa shape index (κ3) is 4.83. The molecule has 0 radical (unpaired) electrons.